The maximum absolute atomic E-state index is 11.8. The molecular weight excluding hydrogens is 342 g/mol. The molecular formula is C14H12BrNO3S. The minimum absolute atomic E-state index is 0.0993. The highest BCUT2D eigenvalue weighted by Crippen LogP contribution is 2.29. The molecule has 0 N–H and O–H groups in total. The van der Waals surface area contributed by atoms with Crippen molar-refractivity contribution in [2.24, 2.45) is 0 Å². The first kappa shape index (κ1) is 14.9. The van der Waals surface area contributed by atoms with E-state index in [1.165, 1.54) is 18.3 Å². The van der Waals surface area contributed by atoms with Crippen LogP contribution in [0, 0.1) is 0 Å². The summed E-state index contributed by atoms with van der Waals surface area (Å²) in [7, 11) is 0. The third kappa shape index (κ3) is 3.13. The zero-order chi connectivity index (χ0) is 14.7. The first-order chi connectivity index (χ1) is 9.52. The van der Waals surface area contributed by atoms with Crippen LogP contribution in [-0.2, 0) is 4.74 Å². The van der Waals surface area contributed by atoms with Crippen molar-refractivity contribution in [3.8, 4) is 10.6 Å². The van der Waals surface area contributed by atoms with Gasteiger partial charge in [0.25, 0.3) is 0 Å². The molecule has 0 saturated heterocycles. The molecule has 1 aromatic carbocycles. The summed E-state index contributed by atoms with van der Waals surface area (Å²) in [6.45, 7) is 3.39. The molecule has 1 heterocycles. The van der Waals surface area contributed by atoms with Crippen LogP contribution in [0.5, 0.6) is 0 Å². The summed E-state index contributed by atoms with van der Waals surface area (Å²) in [6.07, 6.45) is 0. The highest BCUT2D eigenvalue weighted by molar-refractivity contribution is 9.10. The average molecular weight is 354 g/mol. The van der Waals surface area contributed by atoms with Crippen LogP contribution < -0.4 is 0 Å². The molecule has 104 valence electrons. The van der Waals surface area contributed by atoms with Gasteiger partial charge in [-0.25, -0.2) is 9.78 Å². The molecule has 0 saturated carbocycles. The molecule has 0 bridgehead atoms. The van der Waals surface area contributed by atoms with Gasteiger partial charge in [0.15, 0.2) is 11.5 Å². The van der Waals surface area contributed by atoms with Gasteiger partial charge in [0.1, 0.15) is 9.88 Å². The van der Waals surface area contributed by atoms with Gasteiger partial charge in [0.2, 0.25) is 0 Å². The van der Waals surface area contributed by atoms with E-state index in [0.29, 0.717) is 9.88 Å². The lowest BCUT2D eigenvalue weighted by Crippen LogP contribution is -2.09. The van der Waals surface area contributed by atoms with Crippen LogP contribution in [0.3, 0.4) is 0 Å². The van der Waals surface area contributed by atoms with Gasteiger partial charge >= 0.3 is 5.97 Å². The number of esters is 1. The van der Waals surface area contributed by atoms with E-state index in [0.717, 1.165) is 10.0 Å². The Hall–Kier alpha value is -1.53. The third-order valence-electron chi connectivity index (χ3n) is 2.51. The second-order valence-electron chi connectivity index (χ2n) is 3.98. The lowest BCUT2D eigenvalue weighted by atomic mass is 10.2. The van der Waals surface area contributed by atoms with Gasteiger partial charge in [-0.05, 0) is 19.1 Å². The van der Waals surface area contributed by atoms with E-state index in [9.17, 15) is 9.59 Å². The molecule has 0 amide bonds. The number of hydrogen-bond donors (Lipinski definition) is 0. The normalized spacial score (nSPS) is 10.3. The zero-order valence-corrected chi connectivity index (χ0v) is 13.4. The van der Waals surface area contributed by atoms with Gasteiger partial charge in [0.05, 0.1) is 6.61 Å². The molecule has 0 fully saturated rings. The van der Waals surface area contributed by atoms with E-state index in [1.54, 1.807) is 6.92 Å². The lowest BCUT2D eigenvalue weighted by Gasteiger charge is -1.99. The monoisotopic (exact) mass is 353 g/mol. The van der Waals surface area contributed by atoms with Gasteiger partial charge in [-0.1, -0.05) is 28.1 Å². The van der Waals surface area contributed by atoms with Crippen LogP contribution in [-0.4, -0.2) is 23.3 Å². The average Bonchev–Trinajstić information content (AvgIpc) is 2.85. The van der Waals surface area contributed by atoms with E-state index in [4.69, 9.17) is 4.74 Å². The van der Waals surface area contributed by atoms with E-state index in [2.05, 4.69) is 20.9 Å². The van der Waals surface area contributed by atoms with Crippen LogP contribution >= 0.6 is 27.3 Å². The van der Waals surface area contributed by atoms with Gasteiger partial charge in [-0.3, -0.25) is 4.79 Å². The Morgan fingerprint density at radius 2 is 1.95 bits per heavy atom. The number of hydrogen-bond acceptors (Lipinski definition) is 5. The standard InChI is InChI=1S/C14H12BrNO3S/c1-3-19-14(18)11-12(8(2)17)20-13(16-11)9-4-6-10(15)7-5-9/h4-7H,3H2,1-2H3. The number of aromatic nitrogens is 1. The van der Waals surface area contributed by atoms with Crippen LogP contribution in [0.2, 0.25) is 0 Å². The van der Waals surface area contributed by atoms with E-state index >= 15 is 0 Å². The predicted molar refractivity (Wildman–Crippen MR) is 81.2 cm³/mol. The van der Waals surface area contributed by atoms with Crippen molar-refractivity contribution < 1.29 is 14.3 Å². The molecule has 2 rings (SSSR count). The van der Waals surface area contributed by atoms with Crippen LogP contribution in [0.1, 0.15) is 34.0 Å². The SMILES string of the molecule is CCOC(=O)c1nc(-c2ccc(Br)cc2)sc1C(C)=O. The molecule has 1 aromatic heterocycles. The van der Waals surface area contributed by atoms with Gasteiger partial charge in [0, 0.05) is 17.0 Å². The molecule has 2 aromatic rings. The number of ketones is 1. The van der Waals surface area contributed by atoms with E-state index in [1.807, 2.05) is 24.3 Å². The summed E-state index contributed by atoms with van der Waals surface area (Å²) in [5.74, 6) is -0.744. The Labute approximate surface area is 128 Å². The summed E-state index contributed by atoms with van der Waals surface area (Å²) in [4.78, 5) is 28.1. The molecule has 0 aliphatic heterocycles. The summed E-state index contributed by atoms with van der Waals surface area (Å²) in [5, 5.41) is 0.630. The largest absolute Gasteiger partial charge is 0.461 e. The highest BCUT2D eigenvalue weighted by atomic mass is 79.9. The van der Waals surface area contributed by atoms with Crippen molar-refractivity contribution in [3.05, 3.63) is 39.3 Å². The Morgan fingerprint density at radius 3 is 2.50 bits per heavy atom. The molecule has 0 aliphatic rings. The third-order valence-corrected chi connectivity index (χ3v) is 4.24. The fourth-order valence-electron chi connectivity index (χ4n) is 1.61. The second kappa shape index (κ2) is 6.28. The van der Waals surface area contributed by atoms with Crippen molar-refractivity contribution in [2.75, 3.05) is 6.61 Å². The number of Topliss-reactive ketones (excluding diaryl/α,β-unsaturated/α-hetero) is 1. The molecule has 0 spiro atoms. The number of nitrogens with zero attached hydrogens (tertiary/aromatic N) is 1. The van der Waals surface area contributed by atoms with Crippen LogP contribution in [0.4, 0.5) is 0 Å². The molecule has 0 aliphatic carbocycles. The Morgan fingerprint density at radius 1 is 1.30 bits per heavy atom. The number of rotatable bonds is 4. The van der Waals surface area contributed by atoms with Crippen molar-refractivity contribution in [1.29, 1.82) is 0 Å². The summed E-state index contributed by atoms with van der Waals surface area (Å²) in [5.41, 5.74) is 0.957. The van der Waals surface area contributed by atoms with Crippen molar-refractivity contribution in [1.82, 2.24) is 4.98 Å². The number of carbonyl (C=O) groups is 2. The molecule has 0 radical (unpaired) electrons. The highest BCUT2D eigenvalue weighted by Gasteiger charge is 2.22. The maximum Gasteiger partial charge on any atom is 0.358 e. The minimum atomic E-state index is -0.558. The molecule has 6 heteroatoms. The quantitative estimate of drug-likeness (QED) is 0.616. The van der Waals surface area contributed by atoms with Crippen molar-refractivity contribution >= 4 is 39.0 Å². The smallest absolute Gasteiger partial charge is 0.358 e. The number of halogens is 1. The number of carbonyl (C=O) groups excluding carboxylic acids is 2. The number of ether oxygens (including phenoxy) is 1. The number of thiazole rings is 1. The fourth-order valence-corrected chi connectivity index (χ4v) is 2.83. The fraction of sp³-hybridized carbons (Fsp3) is 0.214. The Bertz CT molecular complexity index is 649. The minimum Gasteiger partial charge on any atom is -0.461 e. The first-order valence-corrected chi connectivity index (χ1v) is 7.58. The summed E-state index contributed by atoms with van der Waals surface area (Å²) >= 11 is 4.56. The van der Waals surface area contributed by atoms with Crippen molar-refractivity contribution in [2.45, 2.75) is 13.8 Å². The van der Waals surface area contributed by atoms with Crippen LogP contribution in [0.25, 0.3) is 10.6 Å². The van der Waals surface area contributed by atoms with Gasteiger partial charge in [-0.15, -0.1) is 11.3 Å². The van der Waals surface area contributed by atoms with Crippen molar-refractivity contribution in [3.63, 3.8) is 0 Å². The van der Waals surface area contributed by atoms with Crippen LogP contribution in [0.15, 0.2) is 28.7 Å². The molecule has 0 atom stereocenters. The van der Waals surface area contributed by atoms with E-state index < -0.39 is 5.97 Å². The number of benzene rings is 1. The van der Waals surface area contributed by atoms with Gasteiger partial charge < -0.3 is 4.74 Å². The van der Waals surface area contributed by atoms with E-state index in [-0.39, 0.29) is 18.1 Å². The maximum atomic E-state index is 11.8. The Balaban J connectivity index is 2.46. The Kier molecular flexibility index (Phi) is 4.67. The second-order valence-corrected chi connectivity index (χ2v) is 5.90. The summed E-state index contributed by atoms with van der Waals surface area (Å²) < 4.78 is 5.89. The topological polar surface area (TPSA) is 56.3 Å². The van der Waals surface area contributed by atoms with Gasteiger partial charge in [-0.2, -0.15) is 0 Å². The molecule has 4 nitrogen and oxygen atoms in total. The molecule has 0 unspecified atom stereocenters. The first-order valence-electron chi connectivity index (χ1n) is 5.97. The predicted octanol–water partition coefficient (Wildman–Crippen LogP) is 3.95. The lowest BCUT2D eigenvalue weighted by molar-refractivity contribution is 0.0517. The summed E-state index contributed by atoms with van der Waals surface area (Å²) in [6, 6.07) is 7.52. The zero-order valence-electron chi connectivity index (χ0n) is 11.0. The molecule has 20 heavy (non-hydrogen) atoms.